The third-order valence-electron chi connectivity index (χ3n) is 3.49. The van der Waals surface area contributed by atoms with Crippen molar-refractivity contribution in [3.8, 4) is 0 Å². The zero-order chi connectivity index (χ0) is 14.3. The summed E-state index contributed by atoms with van der Waals surface area (Å²) < 4.78 is 5.26. The Balaban J connectivity index is 2.25. The van der Waals surface area contributed by atoms with E-state index in [1.807, 2.05) is 24.3 Å². The number of benzene rings is 1. The third-order valence-corrected chi connectivity index (χ3v) is 3.49. The van der Waals surface area contributed by atoms with Gasteiger partial charge < -0.3 is 10.5 Å². The minimum Gasteiger partial charge on any atom is -0.456 e. The van der Waals surface area contributed by atoms with Crippen LogP contribution in [0, 0.1) is 0 Å². The van der Waals surface area contributed by atoms with Gasteiger partial charge in [0, 0.05) is 18.7 Å². The first-order chi connectivity index (χ1) is 9.58. The predicted octanol–water partition coefficient (Wildman–Crippen LogP) is 2.40. The number of ether oxygens (including phenoxy) is 1. The van der Waals surface area contributed by atoms with E-state index in [2.05, 4.69) is 4.98 Å². The predicted molar refractivity (Wildman–Crippen MR) is 74.2 cm³/mol. The molecule has 0 amide bonds. The first-order valence-electron chi connectivity index (χ1n) is 6.46. The number of hydrogen-bond acceptors (Lipinski definition) is 5. The van der Waals surface area contributed by atoms with E-state index < -0.39 is 6.10 Å². The van der Waals surface area contributed by atoms with Gasteiger partial charge in [-0.05, 0) is 12.5 Å². The zero-order valence-electron chi connectivity index (χ0n) is 11.1. The third kappa shape index (κ3) is 1.91. The summed E-state index contributed by atoms with van der Waals surface area (Å²) in [5.41, 5.74) is 8.13. The van der Waals surface area contributed by atoms with Crippen LogP contribution in [0.1, 0.15) is 41.9 Å². The molecule has 0 fully saturated rings. The maximum absolute atomic E-state index is 12.1. The van der Waals surface area contributed by atoms with Gasteiger partial charge in [0.25, 0.3) is 0 Å². The number of aromatic nitrogens is 1. The molecule has 0 saturated heterocycles. The number of para-hydroxylation sites is 1. The Labute approximate surface area is 115 Å². The Morgan fingerprint density at radius 1 is 1.40 bits per heavy atom. The molecular weight excluding hydrogens is 256 g/mol. The van der Waals surface area contributed by atoms with E-state index in [0.29, 0.717) is 35.3 Å². The van der Waals surface area contributed by atoms with Crippen molar-refractivity contribution in [2.45, 2.75) is 25.9 Å². The number of carbonyl (C=O) groups is 2. The molecule has 1 unspecified atom stereocenters. The smallest absolute Gasteiger partial charge is 0.303 e. The van der Waals surface area contributed by atoms with Crippen molar-refractivity contribution in [2.75, 3.05) is 5.73 Å². The minimum atomic E-state index is -0.493. The van der Waals surface area contributed by atoms with Gasteiger partial charge in [-0.2, -0.15) is 0 Å². The molecule has 102 valence electrons. The highest BCUT2D eigenvalue weighted by Gasteiger charge is 2.31. The van der Waals surface area contributed by atoms with Crippen LogP contribution >= 0.6 is 0 Å². The van der Waals surface area contributed by atoms with E-state index >= 15 is 0 Å². The van der Waals surface area contributed by atoms with E-state index in [0.717, 1.165) is 5.39 Å². The molecule has 1 aromatic heterocycles. The fourth-order valence-electron chi connectivity index (χ4n) is 2.62. The molecule has 0 aliphatic heterocycles. The Kier molecular flexibility index (Phi) is 2.89. The van der Waals surface area contributed by atoms with Crippen LogP contribution in [0.15, 0.2) is 24.3 Å². The quantitative estimate of drug-likeness (QED) is 0.804. The molecule has 2 aromatic rings. The number of esters is 1. The molecule has 5 heteroatoms. The van der Waals surface area contributed by atoms with Gasteiger partial charge >= 0.3 is 5.97 Å². The highest BCUT2D eigenvalue weighted by Crippen LogP contribution is 2.37. The van der Waals surface area contributed by atoms with Crippen LogP contribution in [-0.4, -0.2) is 16.7 Å². The molecule has 0 saturated carbocycles. The van der Waals surface area contributed by atoms with Crippen LogP contribution in [0.3, 0.4) is 0 Å². The average Bonchev–Trinajstić information content (AvgIpc) is 2.42. The lowest BCUT2D eigenvalue weighted by Gasteiger charge is -2.25. The molecule has 1 aliphatic carbocycles. The lowest BCUT2D eigenvalue weighted by atomic mass is 9.90. The van der Waals surface area contributed by atoms with Crippen LogP contribution in [0.4, 0.5) is 5.69 Å². The fourth-order valence-corrected chi connectivity index (χ4v) is 2.62. The normalized spacial score (nSPS) is 17.9. The molecular formula is C15H14N2O3. The second-order valence-electron chi connectivity index (χ2n) is 4.86. The maximum Gasteiger partial charge on any atom is 0.303 e. The summed E-state index contributed by atoms with van der Waals surface area (Å²) in [4.78, 5) is 27.8. The van der Waals surface area contributed by atoms with Gasteiger partial charge in [-0.1, -0.05) is 18.2 Å². The number of Topliss-reactive ketones (excluding diaryl/α,β-unsaturated/α-hetero) is 1. The molecule has 1 atom stereocenters. The van der Waals surface area contributed by atoms with E-state index in [1.54, 1.807) is 0 Å². The number of hydrogen-bond donors (Lipinski definition) is 1. The maximum atomic E-state index is 12.1. The van der Waals surface area contributed by atoms with E-state index in [-0.39, 0.29) is 11.8 Å². The SMILES string of the molecule is CC(=O)OC1CCC(=O)c2c1nc1ccccc1c2N. The molecule has 1 heterocycles. The monoisotopic (exact) mass is 270 g/mol. The molecule has 3 rings (SSSR count). The first kappa shape index (κ1) is 12.6. The Morgan fingerprint density at radius 2 is 2.15 bits per heavy atom. The summed E-state index contributed by atoms with van der Waals surface area (Å²) in [7, 11) is 0. The van der Waals surface area contributed by atoms with E-state index in [9.17, 15) is 9.59 Å². The van der Waals surface area contributed by atoms with Gasteiger partial charge in [0.1, 0.15) is 6.10 Å². The summed E-state index contributed by atoms with van der Waals surface area (Å²) in [6.45, 7) is 1.35. The van der Waals surface area contributed by atoms with Crippen molar-refractivity contribution < 1.29 is 14.3 Å². The lowest BCUT2D eigenvalue weighted by Crippen LogP contribution is -2.22. The molecule has 0 spiro atoms. The Morgan fingerprint density at radius 3 is 2.90 bits per heavy atom. The van der Waals surface area contributed by atoms with Crippen molar-refractivity contribution in [3.63, 3.8) is 0 Å². The number of ketones is 1. The topological polar surface area (TPSA) is 82.3 Å². The molecule has 20 heavy (non-hydrogen) atoms. The zero-order valence-corrected chi connectivity index (χ0v) is 11.1. The molecule has 5 nitrogen and oxygen atoms in total. The number of fused-ring (bicyclic) bond motifs is 2. The molecule has 0 radical (unpaired) electrons. The van der Waals surface area contributed by atoms with Crippen LogP contribution in [-0.2, 0) is 9.53 Å². The average molecular weight is 270 g/mol. The summed E-state index contributed by atoms with van der Waals surface area (Å²) in [6.07, 6.45) is 0.276. The summed E-state index contributed by atoms with van der Waals surface area (Å²) >= 11 is 0. The highest BCUT2D eigenvalue weighted by molar-refractivity contribution is 6.09. The number of rotatable bonds is 1. The minimum absolute atomic E-state index is 0.0424. The summed E-state index contributed by atoms with van der Waals surface area (Å²) in [6, 6.07) is 7.37. The van der Waals surface area contributed by atoms with Gasteiger partial charge in [-0.25, -0.2) is 4.98 Å². The fraction of sp³-hybridized carbons (Fsp3) is 0.267. The number of nitrogen functional groups attached to an aromatic ring is 1. The Bertz CT molecular complexity index is 724. The van der Waals surface area contributed by atoms with Crippen LogP contribution in [0.25, 0.3) is 10.9 Å². The summed E-state index contributed by atoms with van der Waals surface area (Å²) in [5.74, 6) is -0.428. The second kappa shape index (κ2) is 4.59. The van der Waals surface area contributed by atoms with Crippen molar-refractivity contribution in [1.29, 1.82) is 0 Å². The largest absolute Gasteiger partial charge is 0.456 e. The van der Waals surface area contributed by atoms with Gasteiger partial charge in [0.2, 0.25) is 0 Å². The van der Waals surface area contributed by atoms with Crippen LogP contribution < -0.4 is 5.73 Å². The van der Waals surface area contributed by atoms with Gasteiger partial charge in [-0.15, -0.1) is 0 Å². The highest BCUT2D eigenvalue weighted by atomic mass is 16.5. The van der Waals surface area contributed by atoms with Gasteiger partial charge in [0.15, 0.2) is 5.78 Å². The number of anilines is 1. The molecule has 2 N–H and O–H groups in total. The standard InChI is InChI=1S/C15H14N2O3/c1-8(18)20-12-7-6-11(19)13-14(16)9-4-2-3-5-10(9)17-15(12)13/h2-5,12H,6-7H2,1H3,(H2,16,17). The number of nitrogens with two attached hydrogens (primary N) is 1. The lowest BCUT2D eigenvalue weighted by molar-refractivity contribution is -0.147. The van der Waals surface area contributed by atoms with Crippen molar-refractivity contribution in [3.05, 3.63) is 35.5 Å². The first-order valence-corrected chi connectivity index (χ1v) is 6.46. The van der Waals surface area contributed by atoms with Crippen LogP contribution in [0.5, 0.6) is 0 Å². The Hall–Kier alpha value is -2.43. The van der Waals surface area contributed by atoms with Crippen molar-refractivity contribution in [2.24, 2.45) is 0 Å². The number of nitrogens with zero attached hydrogens (tertiary/aromatic N) is 1. The number of pyridine rings is 1. The second-order valence-corrected chi connectivity index (χ2v) is 4.86. The number of carbonyl (C=O) groups excluding carboxylic acids is 2. The van der Waals surface area contributed by atoms with Crippen molar-refractivity contribution in [1.82, 2.24) is 4.98 Å². The van der Waals surface area contributed by atoms with Crippen molar-refractivity contribution >= 4 is 28.3 Å². The van der Waals surface area contributed by atoms with Crippen LogP contribution in [0.2, 0.25) is 0 Å². The molecule has 1 aliphatic rings. The van der Waals surface area contributed by atoms with Gasteiger partial charge in [0.05, 0.1) is 22.5 Å². The molecule has 0 bridgehead atoms. The van der Waals surface area contributed by atoms with Gasteiger partial charge in [-0.3, -0.25) is 9.59 Å². The molecule has 1 aromatic carbocycles. The van der Waals surface area contributed by atoms with E-state index in [4.69, 9.17) is 10.5 Å². The van der Waals surface area contributed by atoms with E-state index in [1.165, 1.54) is 6.92 Å². The summed E-state index contributed by atoms with van der Waals surface area (Å²) in [5, 5.41) is 0.753.